The van der Waals surface area contributed by atoms with Crippen molar-refractivity contribution >= 4 is 39.4 Å². The molecule has 0 aliphatic rings. The van der Waals surface area contributed by atoms with Crippen molar-refractivity contribution in [3.8, 4) is 0 Å². The maximum Gasteiger partial charge on any atom is 0.322 e. The molecule has 0 unspecified atom stereocenters. The number of hydrogen-bond acceptors (Lipinski definition) is 4. The van der Waals surface area contributed by atoms with Gasteiger partial charge in [-0.25, -0.2) is 0 Å². The van der Waals surface area contributed by atoms with Crippen molar-refractivity contribution in [3.05, 3.63) is 28.2 Å². The van der Waals surface area contributed by atoms with Gasteiger partial charge in [-0.3, -0.25) is 14.4 Å². The van der Waals surface area contributed by atoms with E-state index in [1.165, 1.54) is 6.07 Å². The number of carboxylic acids is 1. The lowest BCUT2D eigenvalue weighted by molar-refractivity contribution is -0.137. The van der Waals surface area contributed by atoms with E-state index in [0.29, 0.717) is 15.7 Å². The average molecular weight is 330 g/mol. The van der Waals surface area contributed by atoms with E-state index in [1.807, 2.05) is 0 Å². The summed E-state index contributed by atoms with van der Waals surface area (Å²) in [5.41, 5.74) is 6.30. The predicted molar refractivity (Wildman–Crippen MR) is 71.5 cm³/mol. The first kappa shape index (κ1) is 15.0. The van der Waals surface area contributed by atoms with Crippen LogP contribution in [0, 0.1) is 0 Å². The van der Waals surface area contributed by atoms with Gasteiger partial charge in [-0.2, -0.15) is 0 Å². The van der Waals surface area contributed by atoms with Crippen LogP contribution in [0.15, 0.2) is 22.7 Å². The van der Waals surface area contributed by atoms with Crippen LogP contribution in [0.25, 0.3) is 0 Å². The molecule has 0 spiro atoms. The number of carbonyl (C=O) groups excluding carboxylic acids is 2. The molecule has 0 aromatic heterocycles. The van der Waals surface area contributed by atoms with E-state index in [2.05, 4.69) is 26.6 Å². The normalized spacial score (nSPS) is 9.74. The summed E-state index contributed by atoms with van der Waals surface area (Å²) in [6.45, 7) is -0.795. The molecular formula is C11H12BrN3O4. The highest BCUT2D eigenvalue weighted by Crippen LogP contribution is 2.17. The SMILES string of the molecule is Nc1cc(Br)cc(C(=O)NCC(=O)NCC(=O)O)c1. The van der Waals surface area contributed by atoms with Gasteiger partial charge in [0.1, 0.15) is 6.54 Å². The first-order valence-corrected chi connectivity index (χ1v) is 6.00. The number of nitrogens with two attached hydrogens (primary N) is 1. The number of nitrogens with one attached hydrogen (secondary N) is 2. The van der Waals surface area contributed by atoms with Crippen molar-refractivity contribution in [1.29, 1.82) is 0 Å². The third-order valence-electron chi connectivity index (χ3n) is 2.03. The zero-order valence-corrected chi connectivity index (χ0v) is 11.4. The second-order valence-corrected chi connectivity index (χ2v) is 4.54. The van der Waals surface area contributed by atoms with Crippen LogP contribution in [0.5, 0.6) is 0 Å². The van der Waals surface area contributed by atoms with Crippen LogP contribution < -0.4 is 16.4 Å². The summed E-state index contributed by atoms with van der Waals surface area (Å²) in [6.07, 6.45) is 0. The quantitative estimate of drug-likeness (QED) is 0.565. The van der Waals surface area contributed by atoms with Gasteiger partial charge in [0.05, 0.1) is 6.54 Å². The molecule has 0 fully saturated rings. The van der Waals surface area contributed by atoms with E-state index in [1.54, 1.807) is 12.1 Å². The summed E-state index contributed by atoms with van der Waals surface area (Å²) in [5, 5.41) is 12.8. The molecule has 1 aromatic rings. The Balaban J connectivity index is 2.51. The Morgan fingerprint density at radius 3 is 2.42 bits per heavy atom. The number of carboxylic acid groups (broad SMARTS) is 1. The van der Waals surface area contributed by atoms with E-state index in [4.69, 9.17) is 10.8 Å². The maximum absolute atomic E-state index is 11.7. The number of benzene rings is 1. The number of hydrogen-bond donors (Lipinski definition) is 4. The molecular weight excluding hydrogens is 318 g/mol. The molecule has 1 aromatic carbocycles. The zero-order valence-electron chi connectivity index (χ0n) is 9.77. The Morgan fingerprint density at radius 1 is 1.16 bits per heavy atom. The topological polar surface area (TPSA) is 122 Å². The molecule has 102 valence electrons. The molecule has 7 nitrogen and oxygen atoms in total. The largest absolute Gasteiger partial charge is 0.480 e. The Labute approximate surface area is 117 Å². The second kappa shape index (κ2) is 6.74. The van der Waals surface area contributed by atoms with Crippen LogP contribution in [0.4, 0.5) is 5.69 Å². The van der Waals surface area contributed by atoms with Crippen molar-refractivity contribution in [2.45, 2.75) is 0 Å². The van der Waals surface area contributed by atoms with Crippen LogP contribution in [0.3, 0.4) is 0 Å². The molecule has 0 saturated heterocycles. The van der Waals surface area contributed by atoms with Gasteiger partial charge in [0.25, 0.3) is 5.91 Å². The lowest BCUT2D eigenvalue weighted by atomic mass is 10.2. The minimum Gasteiger partial charge on any atom is -0.480 e. The number of halogens is 1. The molecule has 5 N–H and O–H groups in total. The number of carbonyl (C=O) groups is 3. The average Bonchev–Trinajstić information content (AvgIpc) is 2.32. The van der Waals surface area contributed by atoms with Crippen molar-refractivity contribution in [1.82, 2.24) is 10.6 Å². The summed E-state index contributed by atoms with van der Waals surface area (Å²) >= 11 is 3.20. The Kier molecular flexibility index (Phi) is 5.31. The van der Waals surface area contributed by atoms with Crippen molar-refractivity contribution in [2.24, 2.45) is 0 Å². The number of anilines is 1. The minimum atomic E-state index is -1.15. The van der Waals surface area contributed by atoms with Crippen LogP contribution in [-0.2, 0) is 9.59 Å². The smallest absolute Gasteiger partial charge is 0.322 e. The highest BCUT2D eigenvalue weighted by Gasteiger charge is 2.09. The van der Waals surface area contributed by atoms with Gasteiger partial charge in [0, 0.05) is 15.7 Å². The van der Waals surface area contributed by atoms with Gasteiger partial charge in [-0.05, 0) is 18.2 Å². The highest BCUT2D eigenvalue weighted by molar-refractivity contribution is 9.10. The molecule has 0 aliphatic carbocycles. The first-order chi connectivity index (χ1) is 8.88. The Morgan fingerprint density at radius 2 is 1.84 bits per heavy atom. The van der Waals surface area contributed by atoms with Gasteiger partial charge >= 0.3 is 5.97 Å². The van der Waals surface area contributed by atoms with E-state index >= 15 is 0 Å². The minimum absolute atomic E-state index is 0.304. The third-order valence-corrected chi connectivity index (χ3v) is 2.49. The molecule has 8 heteroatoms. The molecule has 0 bridgehead atoms. The van der Waals surface area contributed by atoms with Crippen molar-refractivity contribution in [3.63, 3.8) is 0 Å². The molecule has 0 heterocycles. The summed E-state index contributed by atoms with van der Waals surface area (Å²) in [5.74, 6) is -2.21. The van der Waals surface area contributed by atoms with E-state index in [9.17, 15) is 14.4 Å². The van der Waals surface area contributed by atoms with Crippen LogP contribution in [-0.4, -0.2) is 36.0 Å². The Bertz CT molecular complexity index is 498. The fraction of sp³-hybridized carbons (Fsp3) is 0.182. The van der Waals surface area contributed by atoms with E-state index in [0.717, 1.165) is 0 Å². The fourth-order valence-electron chi connectivity index (χ4n) is 1.24. The van der Waals surface area contributed by atoms with Gasteiger partial charge in [0.15, 0.2) is 0 Å². The number of amides is 2. The van der Waals surface area contributed by atoms with Gasteiger partial charge in [-0.1, -0.05) is 15.9 Å². The summed E-state index contributed by atoms with van der Waals surface area (Å²) in [4.78, 5) is 33.1. The van der Waals surface area contributed by atoms with Crippen LogP contribution in [0.2, 0.25) is 0 Å². The molecule has 0 atom stereocenters. The molecule has 0 aliphatic heterocycles. The second-order valence-electron chi connectivity index (χ2n) is 3.63. The lowest BCUT2D eigenvalue weighted by Gasteiger charge is -2.06. The summed E-state index contributed by atoms with van der Waals surface area (Å²) in [7, 11) is 0. The van der Waals surface area contributed by atoms with Crippen molar-refractivity contribution < 1.29 is 19.5 Å². The standard InChI is InChI=1S/C11H12BrN3O4/c12-7-1-6(2-8(13)3-7)11(19)15-4-9(16)14-5-10(17)18/h1-3H,4-5,13H2,(H,14,16)(H,15,19)(H,17,18). The molecule has 1 rings (SSSR count). The molecule has 19 heavy (non-hydrogen) atoms. The number of rotatable bonds is 5. The highest BCUT2D eigenvalue weighted by atomic mass is 79.9. The molecule has 0 saturated carbocycles. The van der Waals surface area contributed by atoms with Crippen molar-refractivity contribution in [2.75, 3.05) is 18.8 Å². The Hall–Kier alpha value is -2.09. The summed E-state index contributed by atoms with van der Waals surface area (Å²) < 4.78 is 0.646. The molecule has 2 amide bonds. The molecule has 0 radical (unpaired) electrons. The van der Waals surface area contributed by atoms with E-state index < -0.39 is 24.3 Å². The van der Waals surface area contributed by atoms with Crippen LogP contribution in [0.1, 0.15) is 10.4 Å². The summed E-state index contributed by atoms with van der Waals surface area (Å²) in [6, 6.07) is 4.66. The first-order valence-electron chi connectivity index (χ1n) is 5.21. The monoisotopic (exact) mass is 329 g/mol. The van der Waals surface area contributed by atoms with Crippen LogP contribution >= 0.6 is 15.9 Å². The maximum atomic E-state index is 11.7. The third kappa shape index (κ3) is 5.38. The van der Waals surface area contributed by atoms with Gasteiger partial charge < -0.3 is 21.5 Å². The van der Waals surface area contributed by atoms with Gasteiger partial charge in [0.2, 0.25) is 5.91 Å². The lowest BCUT2D eigenvalue weighted by Crippen LogP contribution is -2.39. The van der Waals surface area contributed by atoms with E-state index in [-0.39, 0.29) is 6.54 Å². The zero-order chi connectivity index (χ0) is 14.4. The number of nitrogen functional groups attached to an aromatic ring is 1. The predicted octanol–water partition coefficient (Wildman–Crippen LogP) is -0.0381. The number of aliphatic carboxylic acids is 1. The fourth-order valence-corrected chi connectivity index (χ4v) is 1.75. The van der Waals surface area contributed by atoms with Gasteiger partial charge in [-0.15, -0.1) is 0 Å².